The lowest BCUT2D eigenvalue weighted by Gasteiger charge is -2.06. The summed E-state index contributed by atoms with van der Waals surface area (Å²) in [5, 5.41) is 12.4. The maximum Gasteiger partial charge on any atom is 0.234 e. The Bertz CT molecular complexity index is 915. The third-order valence-corrected chi connectivity index (χ3v) is 4.60. The number of thioether (sulfide) groups is 1. The van der Waals surface area contributed by atoms with Crippen LogP contribution in [0.5, 0.6) is 0 Å². The van der Waals surface area contributed by atoms with E-state index in [9.17, 15) is 4.79 Å². The van der Waals surface area contributed by atoms with Crippen molar-refractivity contribution >= 4 is 46.6 Å². The number of hydrogen-bond donors (Lipinski definition) is 2. The number of anilines is 1. The first-order valence-corrected chi connectivity index (χ1v) is 8.92. The summed E-state index contributed by atoms with van der Waals surface area (Å²) in [5.74, 6) is 6.44. The van der Waals surface area contributed by atoms with Crippen LogP contribution in [-0.2, 0) is 4.79 Å². The van der Waals surface area contributed by atoms with Crippen molar-refractivity contribution in [2.24, 2.45) is 0 Å². The minimum atomic E-state index is -0.195. The summed E-state index contributed by atoms with van der Waals surface area (Å²) in [5.41, 5.74) is 1.38. The number of nitrogens with one attached hydrogen (secondary N) is 1. The number of aromatic nitrogens is 3. The largest absolute Gasteiger partial charge is 0.335 e. The van der Waals surface area contributed by atoms with Crippen molar-refractivity contribution in [1.82, 2.24) is 14.9 Å². The van der Waals surface area contributed by atoms with Crippen LogP contribution >= 0.6 is 35.0 Å². The molecule has 0 aliphatic heterocycles. The molecule has 0 unspecified atom stereocenters. The van der Waals surface area contributed by atoms with E-state index in [0.717, 1.165) is 5.56 Å². The first-order valence-electron chi connectivity index (χ1n) is 7.17. The van der Waals surface area contributed by atoms with Crippen molar-refractivity contribution in [1.29, 1.82) is 0 Å². The van der Waals surface area contributed by atoms with Crippen molar-refractivity contribution in [3.8, 4) is 11.4 Å². The van der Waals surface area contributed by atoms with Gasteiger partial charge in [0.1, 0.15) is 0 Å². The number of carbonyl (C=O) groups excluding carboxylic acids is 1. The molecule has 0 aliphatic rings. The molecule has 0 fully saturated rings. The Morgan fingerprint density at radius 3 is 2.56 bits per heavy atom. The summed E-state index contributed by atoms with van der Waals surface area (Å²) >= 11 is 13.1. The lowest BCUT2D eigenvalue weighted by atomic mass is 10.2. The fourth-order valence-corrected chi connectivity index (χ4v) is 3.13. The van der Waals surface area contributed by atoms with Gasteiger partial charge in [-0.05, 0) is 30.3 Å². The topological polar surface area (TPSA) is 85.8 Å². The molecule has 0 spiro atoms. The van der Waals surface area contributed by atoms with E-state index in [2.05, 4.69) is 15.5 Å². The second kappa shape index (κ2) is 7.77. The van der Waals surface area contributed by atoms with E-state index in [1.54, 1.807) is 42.5 Å². The number of nitrogens with zero attached hydrogens (tertiary/aromatic N) is 3. The van der Waals surface area contributed by atoms with Gasteiger partial charge in [-0.15, -0.1) is 10.2 Å². The highest BCUT2D eigenvalue weighted by atomic mass is 35.5. The van der Waals surface area contributed by atoms with Crippen molar-refractivity contribution in [3.63, 3.8) is 0 Å². The maximum absolute atomic E-state index is 12.0. The molecule has 9 heteroatoms. The summed E-state index contributed by atoms with van der Waals surface area (Å²) < 4.78 is 1.34. The van der Waals surface area contributed by atoms with Crippen LogP contribution in [-0.4, -0.2) is 26.5 Å². The standard InChI is InChI=1S/C16H13Cl2N5OS/c17-11-4-1-3-10(7-11)15-21-22-16(23(15)19)25-9-14(24)20-13-6-2-5-12(18)8-13/h1-8H,9,19H2,(H,20,24). The van der Waals surface area contributed by atoms with E-state index in [1.807, 2.05) is 6.07 Å². The Hall–Kier alpha value is -2.22. The Labute approximate surface area is 158 Å². The highest BCUT2D eigenvalue weighted by Gasteiger charge is 2.14. The Morgan fingerprint density at radius 2 is 1.84 bits per heavy atom. The van der Waals surface area contributed by atoms with Gasteiger partial charge in [-0.1, -0.05) is 53.2 Å². The average Bonchev–Trinajstić information content (AvgIpc) is 2.94. The highest BCUT2D eigenvalue weighted by molar-refractivity contribution is 7.99. The van der Waals surface area contributed by atoms with Gasteiger partial charge in [0, 0.05) is 21.3 Å². The highest BCUT2D eigenvalue weighted by Crippen LogP contribution is 2.24. The van der Waals surface area contributed by atoms with Crippen LogP contribution < -0.4 is 11.2 Å². The molecule has 0 atom stereocenters. The normalized spacial score (nSPS) is 10.6. The third-order valence-electron chi connectivity index (χ3n) is 3.19. The van der Waals surface area contributed by atoms with Gasteiger partial charge in [-0.3, -0.25) is 4.79 Å². The van der Waals surface area contributed by atoms with Crippen LogP contribution in [0.3, 0.4) is 0 Å². The molecule has 6 nitrogen and oxygen atoms in total. The molecule has 3 aromatic rings. The molecule has 25 heavy (non-hydrogen) atoms. The predicted molar refractivity (Wildman–Crippen MR) is 101 cm³/mol. The van der Waals surface area contributed by atoms with Gasteiger partial charge >= 0.3 is 0 Å². The number of nitrogens with two attached hydrogens (primary N) is 1. The van der Waals surface area contributed by atoms with E-state index < -0.39 is 0 Å². The molecule has 0 aliphatic carbocycles. The molecule has 0 radical (unpaired) electrons. The van der Waals surface area contributed by atoms with Crippen molar-refractivity contribution in [3.05, 3.63) is 58.6 Å². The summed E-state index contributed by atoms with van der Waals surface area (Å²) in [6.07, 6.45) is 0. The molecular weight excluding hydrogens is 381 g/mol. The van der Waals surface area contributed by atoms with E-state index in [1.165, 1.54) is 16.4 Å². The van der Waals surface area contributed by atoms with Gasteiger partial charge < -0.3 is 11.2 Å². The SMILES string of the molecule is Nn1c(SCC(=O)Nc2cccc(Cl)c2)nnc1-c1cccc(Cl)c1. The molecule has 1 amide bonds. The number of amides is 1. The van der Waals surface area contributed by atoms with Gasteiger partial charge in [-0.2, -0.15) is 0 Å². The zero-order chi connectivity index (χ0) is 17.8. The van der Waals surface area contributed by atoms with Crippen LogP contribution in [0.4, 0.5) is 5.69 Å². The number of carbonyl (C=O) groups is 1. The first-order chi connectivity index (χ1) is 12.0. The van der Waals surface area contributed by atoms with Crippen molar-refractivity contribution in [2.75, 3.05) is 16.9 Å². The van der Waals surface area contributed by atoms with E-state index in [0.29, 0.717) is 26.7 Å². The quantitative estimate of drug-likeness (QED) is 0.509. The summed E-state index contributed by atoms with van der Waals surface area (Å²) in [6, 6.07) is 14.1. The molecule has 3 N–H and O–H groups in total. The van der Waals surface area contributed by atoms with Crippen molar-refractivity contribution in [2.45, 2.75) is 5.16 Å². The Kier molecular flexibility index (Phi) is 5.47. The van der Waals surface area contributed by atoms with Gasteiger partial charge in [-0.25, -0.2) is 4.68 Å². The van der Waals surface area contributed by atoms with Gasteiger partial charge in [0.2, 0.25) is 11.1 Å². The average molecular weight is 394 g/mol. The summed E-state index contributed by atoms with van der Waals surface area (Å²) in [7, 11) is 0. The molecular formula is C16H13Cl2N5OS. The van der Waals surface area contributed by atoms with Crippen molar-refractivity contribution < 1.29 is 4.79 Å². The molecule has 0 bridgehead atoms. The van der Waals surface area contributed by atoms with E-state index in [-0.39, 0.29) is 11.7 Å². The fraction of sp³-hybridized carbons (Fsp3) is 0.0625. The van der Waals surface area contributed by atoms with Crippen LogP contribution in [0.2, 0.25) is 10.0 Å². The van der Waals surface area contributed by atoms with Crippen LogP contribution in [0, 0.1) is 0 Å². The number of rotatable bonds is 5. The Balaban J connectivity index is 1.65. The van der Waals surface area contributed by atoms with Gasteiger partial charge in [0.25, 0.3) is 0 Å². The molecule has 3 rings (SSSR count). The van der Waals surface area contributed by atoms with Gasteiger partial charge in [0.05, 0.1) is 5.75 Å². The maximum atomic E-state index is 12.0. The lowest BCUT2D eigenvalue weighted by Crippen LogP contribution is -2.16. The lowest BCUT2D eigenvalue weighted by molar-refractivity contribution is -0.113. The summed E-state index contributed by atoms with van der Waals surface area (Å²) in [6.45, 7) is 0. The first kappa shape index (κ1) is 17.6. The summed E-state index contributed by atoms with van der Waals surface area (Å²) in [4.78, 5) is 12.0. The van der Waals surface area contributed by atoms with Crippen LogP contribution in [0.1, 0.15) is 0 Å². The number of nitrogen functional groups attached to an aromatic ring is 1. The zero-order valence-corrected chi connectivity index (χ0v) is 15.1. The van der Waals surface area contributed by atoms with Gasteiger partial charge in [0.15, 0.2) is 5.82 Å². The monoisotopic (exact) mass is 393 g/mol. The second-order valence-corrected chi connectivity index (χ2v) is 6.85. The smallest absolute Gasteiger partial charge is 0.234 e. The molecule has 0 saturated heterocycles. The van der Waals surface area contributed by atoms with E-state index in [4.69, 9.17) is 29.0 Å². The predicted octanol–water partition coefficient (Wildman–Crippen LogP) is 3.70. The molecule has 128 valence electrons. The van der Waals surface area contributed by atoms with E-state index >= 15 is 0 Å². The number of halogens is 2. The minimum absolute atomic E-state index is 0.136. The zero-order valence-electron chi connectivity index (χ0n) is 12.8. The molecule has 1 aromatic heterocycles. The molecule has 1 heterocycles. The second-order valence-electron chi connectivity index (χ2n) is 5.03. The third kappa shape index (κ3) is 4.45. The fourth-order valence-electron chi connectivity index (χ4n) is 2.09. The number of hydrogen-bond acceptors (Lipinski definition) is 5. The minimum Gasteiger partial charge on any atom is -0.335 e. The van der Waals surface area contributed by atoms with Crippen LogP contribution in [0.25, 0.3) is 11.4 Å². The van der Waals surface area contributed by atoms with Crippen LogP contribution in [0.15, 0.2) is 53.7 Å². The molecule has 0 saturated carbocycles. The Morgan fingerprint density at radius 1 is 1.12 bits per heavy atom. The number of benzene rings is 2. The molecule has 2 aromatic carbocycles.